The van der Waals surface area contributed by atoms with E-state index in [0.717, 1.165) is 0 Å². The fraction of sp³-hybridized carbons (Fsp3) is 0.286. The Morgan fingerprint density at radius 1 is 1.47 bits per heavy atom. The number of aromatic nitrogens is 3. The Bertz CT molecular complexity index is 455. The van der Waals surface area contributed by atoms with Gasteiger partial charge in [-0.25, -0.2) is 4.79 Å². The molecule has 1 heterocycles. The van der Waals surface area contributed by atoms with E-state index in [1.807, 2.05) is 5.32 Å². The number of nitrogens with two attached hydrogens (primary N) is 2. The van der Waals surface area contributed by atoms with Crippen molar-refractivity contribution >= 4 is 23.7 Å². The zero-order valence-corrected chi connectivity index (χ0v) is 8.51. The topological polar surface area (TPSA) is 177 Å². The van der Waals surface area contributed by atoms with Crippen LogP contribution >= 0.6 is 0 Å². The van der Waals surface area contributed by atoms with Gasteiger partial charge in [0.05, 0.1) is 6.42 Å². The van der Waals surface area contributed by atoms with Crippen molar-refractivity contribution in [3.63, 3.8) is 0 Å². The molecule has 0 saturated heterocycles. The molecule has 1 atom stereocenters. The lowest BCUT2D eigenvalue weighted by atomic mass is 10.2. The number of carbonyl (C=O) groups is 3. The van der Waals surface area contributed by atoms with Gasteiger partial charge in [0.25, 0.3) is 5.91 Å². The van der Waals surface area contributed by atoms with Crippen molar-refractivity contribution < 1.29 is 19.5 Å². The quantitative estimate of drug-likeness (QED) is 0.377. The van der Waals surface area contributed by atoms with E-state index >= 15 is 0 Å². The zero-order valence-electron chi connectivity index (χ0n) is 8.51. The Hall–Kier alpha value is -2.65. The molecule has 0 saturated carbocycles. The summed E-state index contributed by atoms with van der Waals surface area (Å²) in [5.41, 5.74) is 10.0. The fourth-order valence-electron chi connectivity index (χ4n) is 1.00. The van der Waals surface area contributed by atoms with Gasteiger partial charge < -0.3 is 21.9 Å². The monoisotopic (exact) mass is 242 g/mol. The molecule has 2 amide bonds. The van der Waals surface area contributed by atoms with Gasteiger partial charge in [-0.05, 0) is 0 Å². The van der Waals surface area contributed by atoms with E-state index in [9.17, 15) is 14.4 Å². The summed E-state index contributed by atoms with van der Waals surface area (Å²) in [5, 5.41) is 16.4. The summed E-state index contributed by atoms with van der Waals surface area (Å²) in [6.45, 7) is 0. The van der Waals surface area contributed by atoms with E-state index in [-0.39, 0.29) is 11.8 Å². The average molecular weight is 242 g/mol. The number of aromatic amines is 1. The molecule has 0 bridgehead atoms. The second-order valence-corrected chi connectivity index (χ2v) is 3.08. The highest BCUT2D eigenvalue weighted by Gasteiger charge is 2.24. The third kappa shape index (κ3) is 3.44. The van der Waals surface area contributed by atoms with Gasteiger partial charge in [-0.1, -0.05) is 0 Å². The number of rotatable bonds is 5. The Balaban J connectivity index is 2.70. The minimum atomic E-state index is -1.42. The Morgan fingerprint density at radius 3 is 2.53 bits per heavy atom. The molecule has 0 aliphatic rings. The first-order chi connectivity index (χ1) is 7.90. The number of H-pyrrole nitrogens is 1. The van der Waals surface area contributed by atoms with E-state index in [4.69, 9.17) is 16.6 Å². The lowest BCUT2D eigenvalue weighted by Gasteiger charge is -2.10. The van der Waals surface area contributed by atoms with Gasteiger partial charge in [-0.2, -0.15) is 4.98 Å². The van der Waals surface area contributed by atoms with Gasteiger partial charge in [0.1, 0.15) is 6.04 Å². The number of aliphatic carboxylic acids is 1. The molecule has 0 aliphatic carbocycles. The first-order valence-corrected chi connectivity index (χ1v) is 4.40. The van der Waals surface area contributed by atoms with Gasteiger partial charge in [-0.15, -0.1) is 5.10 Å². The third-order valence-electron chi connectivity index (χ3n) is 1.73. The van der Waals surface area contributed by atoms with Gasteiger partial charge in [-0.3, -0.25) is 14.7 Å². The van der Waals surface area contributed by atoms with Crippen molar-refractivity contribution in [2.24, 2.45) is 5.73 Å². The predicted molar refractivity (Wildman–Crippen MR) is 53.5 cm³/mol. The number of hydrogen-bond acceptors (Lipinski definition) is 6. The standard InChI is InChI=1S/C7H10N6O4/c8-3(14)1-2(6(16)17)10-5(15)4-11-7(9)13-12-4/h2H,1H2,(H2,8,14)(H,10,15)(H,16,17)(H3,9,11,12,13)/t2-/m1/s1. The summed E-state index contributed by atoms with van der Waals surface area (Å²) in [6.07, 6.45) is -0.523. The van der Waals surface area contributed by atoms with Gasteiger partial charge in [0, 0.05) is 0 Å². The fourth-order valence-corrected chi connectivity index (χ4v) is 1.00. The highest BCUT2D eigenvalue weighted by Crippen LogP contribution is 1.97. The molecular formula is C7H10N6O4. The van der Waals surface area contributed by atoms with Crippen LogP contribution in [0.25, 0.3) is 0 Å². The van der Waals surface area contributed by atoms with Crippen molar-refractivity contribution in [3.8, 4) is 0 Å². The van der Waals surface area contributed by atoms with Gasteiger partial charge in [0.15, 0.2) is 0 Å². The van der Waals surface area contributed by atoms with Gasteiger partial charge >= 0.3 is 5.97 Å². The SMILES string of the molecule is NC(=O)C[C@@H](NC(=O)c1nc(N)n[nH]1)C(=O)O. The first kappa shape index (κ1) is 12.4. The van der Waals surface area contributed by atoms with Gasteiger partial charge in [0.2, 0.25) is 17.7 Å². The first-order valence-electron chi connectivity index (χ1n) is 4.40. The Kier molecular flexibility index (Phi) is 3.59. The van der Waals surface area contributed by atoms with Crippen molar-refractivity contribution in [1.82, 2.24) is 20.5 Å². The van der Waals surface area contributed by atoms with Crippen molar-refractivity contribution in [2.45, 2.75) is 12.5 Å². The van der Waals surface area contributed by atoms with E-state index in [1.165, 1.54) is 0 Å². The second kappa shape index (κ2) is 4.92. The number of anilines is 1. The highest BCUT2D eigenvalue weighted by atomic mass is 16.4. The van der Waals surface area contributed by atoms with Crippen LogP contribution in [0.2, 0.25) is 0 Å². The third-order valence-corrected chi connectivity index (χ3v) is 1.73. The number of primary amides is 1. The number of carbonyl (C=O) groups excluding carboxylic acids is 2. The number of carboxylic acids is 1. The summed E-state index contributed by atoms with van der Waals surface area (Å²) in [5.74, 6) is -3.49. The number of carboxylic acid groups (broad SMARTS) is 1. The van der Waals surface area contributed by atoms with Crippen LogP contribution in [0.15, 0.2) is 0 Å². The summed E-state index contributed by atoms with van der Waals surface area (Å²) < 4.78 is 0. The number of nitrogens with zero attached hydrogens (tertiary/aromatic N) is 2. The summed E-state index contributed by atoms with van der Waals surface area (Å²) in [4.78, 5) is 36.2. The molecule has 0 aliphatic heterocycles. The number of nitrogens with one attached hydrogen (secondary N) is 2. The number of hydrogen-bond donors (Lipinski definition) is 5. The highest BCUT2D eigenvalue weighted by molar-refractivity contribution is 5.95. The average Bonchev–Trinajstić information content (AvgIpc) is 2.63. The maximum Gasteiger partial charge on any atom is 0.326 e. The minimum Gasteiger partial charge on any atom is -0.480 e. The Labute approximate surface area is 94.4 Å². The van der Waals surface area contributed by atoms with Crippen LogP contribution in [0.3, 0.4) is 0 Å². The van der Waals surface area contributed by atoms with Crippen LogP contribution in [0.4, 0.5) is 5.95 Å². The molecule has 1 rings (SSSR count). The molecule has 10 heteroatoms. The largest absolute Gasteiger partial charge is 0.480 e. The zero-order chi connectivity index (χ0) is 13.0. The smallest absolute Gasteiger partial charge is 0.326 e. The molecule has 0 spiro atoms. The molecular weight excluding hydrogens is 232 g/mol. The van der Waals surface area contributed by atoms with Crippen LogP contribution in [-0.4, -0.2) is 44.1 Å². The van der Waals surface area contributed by atoms with Crippen molar-refractivity contribution in [3.05, 3.63) is 5.82 Å². The molecule has 10 nitrogen and oxygen atoms in total. The van der Waals surface area contributed by atoms with E-state index < -0.39 is 30.2 Å². The van der Waals surface area contributed by atoms with Crippen LogP contribution in [-0.2, 0) is 9.59 Å². The normalized spacial score (nSPS) is 11.8. The van der Waals surface area contributed by atoms with E-state index in [1.54, 1.807) is 0 Å². The number of amides is 2. The lowest BCUT2D eigenvalue weighted by molar-refractivity contribution is -0.140. The number of nitrogen functional groups attached to an aromatic ring is 1. The van der Waals surface area contributed by atoms with Crippen LogP contribution in [0, 0.1) is 0 Å². The van der Waals surface area contributed by atoms with E-state index in [0.29, 0.717) is 0 Å². The lowest BCUT2D eigenvalue weighted by Crippen LogP contribution is -2.43. The summed E-state index contributed by atoms with van der Waals surface area (Å²) >= 11 is 0. The summed E-state index contributed by atoms with van der Waals surface area (Å²) in [6, 6.07) is -1.42. The molecule has 0 unspecified atom stereocenters. The molecule has 0 radical (unpaired) electrons. The molecule has 1 aromatic heterocycles. The molecule has 7 N–H and O–H groups in total. The molecule has 1 aromatic rings. The summed E-state index contributed by atoms with van der Waals surface area (Å²) in [7, 11) is 0. The molecule has 0 aromatic carbocycles. The maximum absolute atomic E-state index is 11.4. The van der Waals surface area contributed by atoms with E-state index in [2.05, 4.69) is 15.2 Å². The molecule has 92 valence electrons. The second-order valence-electron chi connectivity index (χ2n) is 3.08. The molecule has 17 heavy (non-hydrogen) atoms. The van der Waals surface area contributed by atoms with Crippen LogP contribution < -0.4 is 16.8 Å². The maximum atomic E-state index is 11.4. The predicted octanol–water partition coefficient (Wildman–Crippen LogP) is -2.55. The van der Waals surface area contributed by atoms with Crippen LogP contribution in [0.1, 0.15) is 17.0 Å². The Morgan fingerprint density at radius 2 is 2.12 bits per heavy atom. The molecule has 0 fully saturated rings. The van der Waals surface area contributed by atoms with Crippen LogP contribution in [0.5, 0.6) is 0 Å². The van der Waals surface area contributed by atoms with Crippen molar-refractivity contribution in [2.75, 3.05) is 5.73 Å². The minimum absolute atomic E-state index is 0.156. The van der Waals surface area contributed by atoms with Crippen molar-refractivity contribution in [1.29, 1.82) is 0 Å².